The monoisotopic (exact) mass is 518 g/mol. The zero-order valence-corrected chi connectivity index (χ0v) is 21.0. The fourth-order valence-corrected chi connectivity index (χ4v) is 5.04. The van der Waals surface area contributed by atoms with E-state index in [0.717, 1.165) is 5.56 Å². The number of fused-ring (bicyclic) bond motifs is 4. The topological polar surface area (TPSA) is 146 Å². The predicted molar refractivity (Wildman–Crippen MR) is 146 cm³/mol. The van der Waals surface area contributed by atoms with Gasteiger partial charge in [-0.2, -0.15) is 0 Å². The van der Waals surface area contributed by atoms with Gasteiger partial charge in [0, 0.05) is 11.5 Å². The molecule has 0 aliphatic carbocycles. The second-order valence-corrected chi connectivity index (χ2v) is 9.49. The lowest BCUT2D eigenvalue weighted by atomic mass is 9.90. The number of aliphatic hydroxyl groups is 1. The van der Waals surface area contributed by atoms with Gasteiger partial charge in [0.2, 0.25) is 0 Å². The molecule has 6 aromatic rings. The van der Waals surface area contributed by atoms with Gasteiger partial charge in [-0.25, -0.2) is 29.5 Å². The number of aliphatic hydroxyl groups excluding tert-OH is 1. The van der Waals surface area contributed by atoms with Crippen LogP contribution in [0, 0.1) is 0 Å². The van der Waals surface area contributed by atoms with Crippen LogP contribution in [-0.2, 0) is 0 Å². The van der Waals surface area contributed by atoms with Gasteiger partial charge in [0.05, 0.1) is 50.3 Å². The molecule has 192 valence electrons. The van der Waals surface area contributed by atoms with E-state index in [1.54, 1.807) is 49.4 Å². The Bertz CT molecular complexity index is 1990. The van der Waals surface area contributed by atoms with Gasteiger partial charge in [-0.05, 0) is 54.4 Å². The van der Waals surface area contributed by atoms with Crippen LogP contribution >= 0.6 is 0 Å². The summed E-state index contributed by atoms with van der Waals surface area (Å²) in [6.07, 6.45) is -0.771. The fraction of sp³-hybridized carbons (Fsp3) is 0.133. The Kier molecular flexibility index (Phi) is 5.66. The standard InChI is InChI=1S/C30H22N4O5/c1-14(17-6-3-9-21-25(17)31-23-11-5-8-19(29(36)37)27(23)32-21)16-12-20(30(38)39)28-24(13-16)34-26-18(15(2)35)7-4-10-22(26)33-28/h3-15,35H,1-2H3,(H,36,37)(H,38,39)/t14-,15+/m0/s1. The molecule has 0 fully saturated rings. The van der Waals surface area contributed by atoms with Crippen LogP contribution in [0.2, 0.25) is 0 Å². The molecule has 0 saturated carbocycles. The van der Waals surface area contributed by atoms with Crippen molar-refractivity contribution < 1.29 is 24.9 Å². The predicted octanol–water partition coefficient (Wildman–Crippen LogP) is 5.48. The second-order valence-electron chi connectivity index (χ2n) is 9.49. The lowest BCUT2D eigenvalue weighted by Crippen LogP contribution is -2.06. The van der Waals surface area contributed by atoms with Crippen LogP contribution in [0.15, 0.2) is 66.7 Å². The molecule has 2 heterocycles. The normalized spacial score (nSPS) is 13.2. The molecule has 0 amide bonds. The lowest BCUT2D eigenvalue weighted by Gasteiger charge is -2.17. The largest absolute Gasteiger partial charge is 0.478 e. The highest BCUT2D eigenvalue weighted by Gasteiger charge is 2.21. The third-order valence-electron chi connectivity index (χ3n) is 7.03. The van der Waals surface area contributed by atoms with Gasteiger partial charge in [0.25, 0.3) is 0 Å². The van der Waals surface area contributed by atoms with Crippen molar-refractivity contribution in [1.82, 2.24) is 19.9 Å². The maximum absolute atomic E-state index is 12.3. The number of carboxylic acids is 2. The lowest BCUT2D eigenvalue weighted by molar-refractivity contribution is 0.0688. The smallest absolute Gasteiger partial charge is 0.337 e. The quantitative estimate of drug-likeness (QED) is 0.252. The highest BCUT2D eigenvalue weighted by molar-refractivity contribution is 6.04. The number of benzene rings is 4. The zero-order valence-electron chi connectivity index (χ0n) is 21.0. The summed E-state index contributed by atoms with van der Waals surface area (Å²) in [7, 11) is 0. The molecule has 0 unspecified atom stereocenters. The summed E-state index contributed by atoms with van der Waals surface area (Å²) in [6.45, 7) is 3.59. The van der Waals surface area contributed by atoms with Crippen LogP contribution < -0.4 is 0 Å². The Morgan fingerprint density at radius 1 is 0.615 bits per heavy atom. The molecule has 0 bridgehead atoms. The minimum absolute atomic E-state index is 0.0223. The van der Waals surface area contributed by atoms with Crippen molar-refractivity contribution in [2.45, 2.75) is 25.9 Å². The molecule has 0 saturated heterocycles. The highest BCUT2D eigenvalue weighted by atomic mass is 16.4. The third kappa shape index (κ3) is 4.00. The van der Waals surface area contributed by atoms with E-state index in [-0.39, 0.29) is 22.6 Å². The Labute approximate surface area is 221 Å². The number of nitrogens with zero attached hydrogens (tertiary/aromatic N) is 4. The van der Waals surface area contributed by atoms with Crippen LogP contribution in [0.1, 0.15) is 63.3 Å². The van der Waals surface area contributed by atoms with E-state index in [2.05, 4.69) is 9.97 Å². The number of aromatic nitrogens is 4. The summed E-state index contributed by atoms with van der Waals surface area (Å²) < 4.78 is 0. The maximum Gasteiger partial charge on any atom is 0.337 e. The number of carbonyl (C=O) groups is 2. The molecule has 0 spiro atoms. The summed E-state index contributed by atoms with van der Waals surface area (Å²) in [5, 5.41) is 29.9. The number of hydrogen-bond donors (Lipinski definition) is 3. The van der Waals surface area contributed by atoms with Crippen molar-refractivity contribution in [3.63, 3.8) is 0 Å². The molecule has 2 atom stereocenters. The average molecular weight is 519 g/mol. The van der Waals surface area contributed by atoms with Crippen LogP contribution in [0.25, 0.3) is 44.1 Å². The number of hydrogen-bond acceptors (Lipinski definition) is 7. The summed E-state index contributed by atoms with van der Waals surface area (Å²) in [5.74, 6) is -2.52. The van der Waals surface area contributed by atoms with E-state index in [1.165, 1.54) is 6.07 Å². The van der Waals surface area contributed by atoms with Crippen molar-refractivity contribution in [2.24, 2.45) is 0 Å². The molecule has 2 aromatic heterocycles. The number of rotatable bonds is 5. The first kappa shape index (κ1) is 24.3. The Balaban J connectivity index is 1.57. The summed E-state index contributed by atoms with van der Waals surface area (Å²) >= 11 is 0. The number of aromatic carboxylic acids is 2. The van der Waals surface area contributed by atoms with Gasteiger partial charge in [-0.1, -0.05) is 37.3 Å². The van der Waals surface area contributed by atoms with Crippen LogP contribution in [-0.4, -0.2) is 47.2 Å². The summed E-state index contributed by atoms with van der Waals surface area (Å²) in [4.78, 5) is 42.7. The highest BCUT2D eigenvalue weighted by Crippen LogP contribution is 2.34. The SMILES string of the molecule is C[C@@H](c1cc(C(=O)O)c2nc3cccc([C@@H](C)O)c3nc2c1)c1cccc2nc3c(C(=O)O)cccc3nc12. The minimum atomic E-state index is -1.13. The molecule has 3 N–H and O–H groups in total. The van der Waals surface area contributed by atoms with E-state index in [9.17, 15) is 24.9 Å². The average Bonchev–Trinajstić information content (AvgIpc) is 2.92. The van der Waals surface area contributed by atoms with E-state index in [1.807, 2.05) is 25.1 Å². The Hall–Kier alpha value is -5.02. The first-order valence-corrected chi connectivity index (χ1v) is 12.3. The van der Waals surface area contributed by atoms with E-state index >= 15 is 0 Å². The second kappa shape index (κ2) is 9.07. The molecule has 0 radical (unpaired) electrons. The summed E-state index contributed by atoms with van der Waals surface area (Å²) in [6, 6.07) is 19.0. The Morgan fingerprint density at radius 2 is 1.10 bits per heavy atom. The Morgan fingerprint density at radius 3 is 1.72 bits per heavy atom. The van der Waals surface area contributed by atoms with Gasteiger partial charge in [0.15, 0.2) is 0 Å². The molecule has 4 aromatic carbocycles. The maximum atomic E-state index is 12.3. The van der Waals surface area contributed by atoms with Crippen molar-refractivity contribution in [3.05, 3.63) is 94.5 Å². The van der Waals surface area contributed by atoms with Crippen molar-refractivity contribution in [1.29, 1.82) is 0 Å². The van der Waals surface area contributed by atoms with E-state index in [4.69, 9.17) is 9.97 Å². The first-order chi connectivity index (χ1) is 18.7. The van der Waals surface area contributed by atoms with Crippen LogP contribution in [0.4, 0.5) is 0 Å². The number of carboxylic acid groups (broad SMARTS) is 2. The zero-order chi connectivity index (χ0) is 27.4. The molecule has 9 heteroatoms. The van der Waals surface area contributed by atoms with Crippen molar-refractivity contribution in [3.8, 4) is 0 Å². The molecule has 0 aliphatic heterocycles. The van der Waals surface area contributed by atoms with Gasteiger partial charge in [0.1, 0.15) is 11.0 Å². The number of para-hydroxylation sites is 3. The molecule has 39 heavy (non-hydrogen) atoms. The van der Waals surface area contributed by atoms with Gasteiger partial charge in [-0.3, -0.25) is 0 Å². The molecular weight excluding hydrogens is 496 g/mol. The first-order valence-electron chi connectivity index (χ1n) is 12.3. The van der Waals surface area contributed by atoms with Crippen LogP contribution in [0.3, 0.4) is 0 Å². The third-order valence-corrected chi connectivity index (χ3v) is 7.03. The van der Waals surface area contributed by atoms with Crippen LogP contribution in [0.5, 0.6) is 0 Å². The van der Waals surface area contributed by atoms with E-state index in [0.29, 0.717) is 49.7 Å². The van der Waals surface area contributed by atoms with Crippen molar-refractivity contribution >= 4 is 56.1 Å². The van der Waals surface area contributed by atoms with Gasteiger partial charge >= 0.3 is 11.9 Å². The van der Waals surface area contributed by atoms with Crippen molar-refractivity contribution in [2.75, 3.05) is 0 Å². The van der Waals surface area contributed by atoms with Gasteiger partial charge in [-0.15, -0.1) is 0 Å². The molecule has 9 nitrogen and oxygen atoms in total. The molecule has 0 aliphatic rings. The fourth-order valence-electron chi connectivity index (χ4n) is 5.04. The van der Waals surface area contributed by atoms with E-state index < -0.39 is 18.0 Å². The van der Waals surface area contributed by atoms with Gasteiger partial charge < -0.3 is 15.3 Å². The minimum Gasteiger partial charge on any atom is -0.478 e. The summed E-state index contributed by atoms with van der Waals surface area (Å²) in [5.41, 5.74) is 5.76. The molecule has 6 rings (SSSR count). The molecular formula is C30H22N4O5.